The number of H-pyrrole nitrogens is 1. The number of likely N-dealkylation sites (tertiary alicyclic amines) is 1. The molecular weight excluding hydrogens is 344 g/mol. The molecule has 114 valence electrons. The average Bonchev–Trinajstić information content (AvgIpc) is 3.22. The van der Waals surface area contributed by atoms with Gasteiger partial charge in [0.15, 0.2) is 0 Å². The number of ether oxygens (including phenoxy) is 1. The fourth-order valence-corrected chi connectivity index (χ4v) is 4.11. The number of amides is 1. The largest absolute Gasteiger partial charge is 0.497 e. The van der Waals surface area contributed by atoms with Crippen LogP contribution >= 0.6 is 15.9 Å². The molecule has 0 spiro atoms. The second-order valence-corrected chi connectivity index (χ2v) is 6.79. The second kappa shape index (κ2) is 5.16. The van der Waals surface area contributed by atoms with E-state index in [1.807, 2.05) is 23.1 Å². The highest BCUT2D eigenvalue weighted by Gasteiger charge is 2.36. The van der Waals surface area contributed by atoms with Gasteiger partial charge in [0.25, 0.3) is 0 Å². The number of aromatic amines is 1. The third-order valence-electron chi connectivity index (χ3n) is 4.69. The Morgan fingerprint density at radius 3 is 3.00 bits per heavy atom. The quantitative estimate of drug-likeness (QED) is 0.853. The molecule has 1 fully saturated rings. The van der Waals surface area contributed by atoms with Crippen LogP contribution < -0.4 is 4.74 Å². The molecule has 1 amide bonds. The first-order valence-corrected chi connectivity index (χ1v) is 8.27. The van der Waals surface area contributed by atoms with E-state index in [1.165, 1.54) is 0 Å². The van der Waals surface area contributed by atoms with Crippen LogP contribution in [0.5, 0.6) is 5.75 Å². The van der Waals surface area contributed by atoms with E-state index in [2.05, 4.69) is 33.1 Å². The number of nitrogens with one attached hydrogen (secondary N) is 1. The van der Waals surface area contributed by atoms with E-state index >= 15 is 0 Å². The Morgan fingerprint density at radius 2 is 2.32 bits per heavy atom. The number of aromatic nitrogens is 1. The summed E-state index contributed by atoms with van der Waals surface area (Å²) in [5, 5.41) is 1.04. The maximum atomic E-state index is 12.7. The summed E-state index contributed by atoms with van der Waals surface area (Å²) in [6, 6.07) is 6.18. The van der Waals surface area contributed by atoms with Crippen molar-refractivity contribution in [2.45, 2.75) is 18.9 Å². The molecule has 0 saturated carbocycles. The van der Waals surface area contributed by atoms with Gasteiger partial charge in [-0.1, -0.05) is 12.2 Å². The number of carbonyl (C=O) groups is 1. The number of hydrogen-bond acceptors (Lipinski definition) is 2. The standard InChI is InChI=1S/C17H17BrN2O2/c1-22-12-4-5-15-13(7-12)14(17(18)19-15)8-16(21)20-9-10-2-3-11(20)6-10/h2-5,7,10-11,19H,6,8-9H2,1H3/t10-,11+/m0/s1. The molecule has 2 aliphatic rings. The lowest BCUT2D eigenvalue weighted by Crippen LogP contribution is -2.36. The summed E-state index contributed by atoms with van der Waals surface area (Å²) >= 11 is 3.55. The maximum Gasteiger partial charge on any atom is 0.227 e. The highest BCUT2D eigenvalue weighted by Crippen LogP contribution is 2.34. The van der Waals surface area contributed by atoms with Crippen LogP contribution in [-0.2, 0) is 11.2 Å². The third-order valence-corrected chi connectivity index (χ3v) is 5.37. The Balaban J connectivity index is 1.64. The van der Waals surface area contributed by atoms with Gasteiger partial charge in [0.05, 0.1) is 24.2 Å². The summed E-state index contributed by atoms with van der Waals surface area (Å²) in [5.41, 5.74) is 2.02. The first kappa shape index (κ1) is 13.9. The number of nitrogens with zero attached hydrogens (tertiary/aromatic N) is 1. The molecule has 0 radical (unpaired) electrons. The van der Waals surface area contributed by atoms with Crippen molar-refractivity contribution in [3.05, 3.63) is 40.5 Å². The van der Waals surface area contributed by atoms with E-state index in [4.69, 9.17) is 4.74 Å². The maximum absolute atomic E-state index is 12.7. The van der Waals surface area contributed by atoms with Crippen molar-refractivity contribution in [1.29, 1.82) is 0 Å². The second-order valence-electron chi connectivity index (χ2n) is 6.00. The molecule has 1 aliphatic carbocycles. The Hall–Kier alpha value is -1.75. The number of fused-ring (bicyclic) bond motifs is 3. The monoisotopic (exact) mass is 360 g/mol. The van der Waals surface area contributed by atoms with E-state index in [9.17, 15) is 4.79 Å². The molecule has 1 aromatic carbocycles. The number of hydrogen-bond donors (Lipinski definition) is 1. The molecule has 4 nitrogen and oxygen atoms in total. The third kappa shape index (κ3) is 2.15. The molecule has 4 rings (SSSR count). The molecule has 1 aliphatic heterocycles. The molecule has 0 unspecified atom stereocenters. The van der Waals surface area contributed by atoms with Gasteiger partial charge in [-0.05, 0) is 46.5 Å². The number of rotatable bonds is 3. The van der Waals surface area contributed by atoms with Crippen molar-refractivity contribution in [2.75, 3.05) is 13.7 Å². The zero-order chi connectivity index (χ0) is 15.3. The van der Waals surface area contributed by atoms with Crippen molar-refractivity contribution in [3.8, 4) is 5.75 Å². The highest BCUT2D eigenvalue weighted by molar-refractivity contribution is 9.10. The van der Waals surface area contributed by atoms with Gasteiger partial charge in [0, 0.05) is 23.0 Å². The van der Waals surface area contributed by atoms with Crippen molar-refractivity contribution in [3.63, 3.8) is 0 Å². The fourth-order valence-electron chi connectivity index (χ4n) is 3.54. The number of benzene rings is 1. The average molecular weight is 361 g/mol. The van der Waals surface area contributed by atoms with Crippen LogP contribution in [0.2, 0.25) is 0 Å². The van der Waals surface area contributed by atoms with Crippen LogP contribution in [0.15, 0.2) is 35.0 Å². The molecular formula is C17H17BrN2O2. The van der Waals surface area contributed by atoms with Gasteiger partial charge in [-0.2, -0.15) is 0 Å². The fraction of sp³-hybridized carbons (Fsp3) is 0.353. The van der Waals surface area contributed by atoms with E-state index in [-0.39, 0.29) is 5.91 Å². The Kier molecular flexibility index (Phi) is 3.26. The number of methoxy groups -OCH3 is 1. The zero-order valence-corrected chi connectivity index (χ0v) is 13.9. The van der Waals surface area contributed by atoms with E-state index in [0.717, 1.165) is 39.8 Å². The van der Waals surface area contributed by atoms with Gasteiger partial charge in [-0.3, -0.25) is 4.79 Å². The van der Waals surface area contributed by atoms with Gasteiger partial charge in [0.2, 0.25) is 5.91 Å². The van der Waals surface area contributed by atoms with Gasteiger partial charge in [-0.15, -0.1) is 0 Å². The molecule has 5 heteroatoms. The SMILES string of the molecule is COc1ccc2[nH]c(Br)c(CC(=O)N3C[C@H]4C=C[C@@H]3C4)c2c1. The molecule has 22 heavy (non-hydrogen) atoms. The zero-order valence-electron chi connectivity index (χ0n) is 12.3. The smallest absolute Gasteiger partial charge is 0.227 e. The molecule has 1 N–H and O–H groups in total. The lowest BCUT2D eigenvalue weighted by Gasteiger charge is -2.24. The first-order valence-electron chi connectivity index (χ1n) is 7.47. The highest BCUT2D eigenvalue weighted by atomic mass is 79.9. The van der Waals surface area contributed by atoms with Crippen molar-refractivity contribution in [1.82, 2.24) is 9.88 Å². The Labute approximate surface area is 137 Å². The summed E-state index contributed by atoms with van der Waals surface area (Å²) in [6.07, 6.45) is 5.90. The van der Waals surface area contributed by atoms with E-state index < -0.39 is 0 Å². The Morgan fingerprint density at radius 1 is 1.45 bits per heavy atom. The van der Waals surface area contributed by atoms with Crippen molar-refractivity contribution >= 4 is 32.7 Å². The van der Waals surface area contributed by atoms with E-state index in [1.54, 1.807) is 7.11 Å². The number of halogens is 1. The molecule has 1 saturated heterocycles. The van der Waals surface area contributed by atoms with Crippen LogP contribution in [0.4, 0.5) is 0 Å². The molecule has 1 aromatic heterocycles. The van der Waals surface area contributed by atoms with Crippen LogP contribution in [0, 0.1) is 5.92 Å². The van der Waals surface area contributed by atoms with E-state index in [0.29, 0.717) is 18.4 Å². The van der Waals surface area contributed by atoms with Crippen molar-refractivity contribution in [2.24, 2.45) is 5.92 Å². The summed E-state index contributed by atoms with van der Waals surface area (Å²) in [6.45, 7) is 0.864. The summed E-state index contributed by atoms with van der Waals surface area (Å²) in [7, 11) is 1.65. The van der Waals surface area contributed by atoms with Crippen LogP contribution in [0.25, 0.3) is 10.9 Å². The molecule has 2 atom stereocenters. The first-order chi connectivity index (χ1) is 10.7. The normalized spacial score (nSPS) is 22.7. The minimum absolute atomic E-state index is 0.196. The predicted molar refractivity (Wildman–Crippen MR) is 89.0 cm³/mol. The molecule has 2 bridgehead atoms. The van der Waals surface area contributed by atoms with Gasteiger partial charge >= 0.3 is 0 Å². The predicted octanol–water partition coefficient (Wildman–Crippen LogP) is 3.27. The summed E-state index contributed by atoms with van der Waals surface area (Å²) in [5.74, 6) is 1.55. The van der Waals surface area contributed by atoms with Crippen LogP contribution in [-0.4, -0.2) is 35.5 Å². The van der Waals surface area contributed by atoms with Crippen LogP contribution in [0.3, 0.4) is 0 Å². The summed E-state index contributed by atoms with van der Waals surface area (Å²) in [4.78, 5) is 18.0. The van der Waals surface area contributed by atoms with Gasteiger partial charge in [0.1, 0.15) is 5.75 Å². The lowest BCUT2D eigenvalue weighted by molar-refractivity contribution is -0.130. The minimum Gasteiger partial charge on any atom is -0.497 e. The minimum atomic E-state index is 0.196. The Bertz CT molecular complexity index is 780. The van der Waals surface area contributed by atoms with Crippen molar-refractivity contribution < 1.29 is 9.53 Å². The topological polar surface area (TPSA) is 45.3 Å². The lowest BCUT2D eigenvalue weighted by atomic mass is 10.1. The summed E-state index contributed by atoms with van der Waals surface area (Å²) < 4.78 is 6.18. The molecule has 2 aromatic rings. The van der Waals surface area contributed by atoms with Crippen LogP contribution in [0.1, 0.15) is 12.0 Å². The molecule has 2 heterocycles. The van der Waals surface area contributed by atoms with Gasteiger partial charge in [-0.25, -0.2) is 0 Å². The van der Waals surface area contributed by atoms with Gasteiger partial charge < -0.3 is 14.6 Å². The number of carbonyl (C=O) groups excluding carboxylic acids is 1.